The molecule has 112 valence electrons. The number of carbonyl (C=O) groups excluding carboxylic acids is 1. The summed E-state index contributed by atoms with van der Waals surface area (Å²) in [5.74, 6) is 0.406. The summed E-state index contributed by atoms with van der Waals surface area (Å²) in [7, 11) is 0. The van der Waals surface area contributed by atoms with Gasteiger partial charge in [0.25, 0.3) is 5.91 Å². The third-order valence-corrected chi connectivity index (χ3v) is 4.30. The number of nitrogens with zero attached hydrogens (tertiary/aromatic N) is 2. The molecule has 1 amide bonds. The second-order valence-electron chi connectivity index (χ2n) is 5.84. The third kappa shape index (κ3) is 2.80. The molecule has 0 saturated heterocycles. The van der Waals surface area contributed by atoms with E-state index in [0.717, 1.165) is 25.7 Å². The number of carbonyl (C=O) groups is 1. The van der Waals surface area contributed by atoms with Crippen molar-refractivity contribution in [3.8, 4) is 0 Å². The van der Waals surface area contributed by atoms with E-state index in [4.69, 9.17) is 5.73 Å². The van der Waals surface area contributed by atoms with Gasteiger partial charge in [-0.05, 0) is 38.5 Å². The normalized spacial score (nSPS) is 26.4. The van der Waals surface area contributed by atoms with Crippen LogP contribution in [0.2, 0.25) is 0 Å². The van der Waals surface area contributed by atoms with E-state index in [2.05, 4.69) is 17.3 Å². The number of anilines is 1. The maximum Gasteiger partial charge on any atom is 0.272 e. The molecular weight excluding hydrogens is 256 g/mol. The molecule has 0 aromatic carbocycles. The topological polar surface area (TPSA) is 93.2 Å². The molecule has 4 N–H and O–H groups in total. The molecule has 1 saturated carbocycles. The summed E-state index contributed by atoms with van der Waals surface area (Å²) in [5, 5.41) is 16.8. The minimum atomic E-state index is -0.515. The van der Waals surface area contributed by atoms with E-state index in [1.54, 1.807) is 4.68 Å². The third-order valence-electron chi connectivity index (χ3n) is 4.30. The van der Waals surface area contributed by atoms with Crippen LogP contribution < -0.4 is 11.1 Å². The maximum atomic E-state index is 12.5. The second-order valence-corrected chi connectivity index (χ2v) is 5.84. The van der Waals surface area contributed by atoms with Gasteiger partial charge in [0, 0.05) is 6.54 Å². The second kappa shape index (κ2) is 5.83. The van der Waals surface area contributed by atoms with Crippen LogP contribution in [0.5, 0.6) is 0 Å². The number of nitrogen functional groups attached to an aromatic ring is 1. The molecule has 1 aliphatic rings. The molecule has 0 radical (unpaired) electrons. The molecule has 0 aliphatic heterocycles. The Morgan fingerprint density at radius 1 is 1.60 bits per heavy atom. The lowest BCUT2D eigenvalue weighted by atomic mass is 9.77. The first-order valence-corrected chi connectivity index (χ1v) is 7.26. The molecule has 1 heterocycles. The van der Waals surface area contributed by atoms with Crippen LogP contribution in [0.3, 0.4) is 0 Å². The number of amides is 1. The summed E-state index contributed by atoms with van der Waals surface area (Å²) in [5.41, 5.74) is 6.07. The average Bonchev–Trinajstić information content (AvgIpc) is 2.83. The highest BCUT2D eigenvalue weighted by atomic mass is 16.3. The summed E-state index contributed by atoms with van der Waals surface area (Å²) in [4.78, 5) is 12.5. The summed E-state index contributed by atoms with van der Waals surface area (Å²) in [6.07, 6.45) is 5.13. The molecule has 1 aliphatic carbocycles. The van der Waals surface area contributed by atoms with Crippen molar-refractivity contribution in [3.63, 3.8) is 0 Å². The molecule has 0 atom stereocenters. The largest absolute Gasteiger partial charge is 0.396 e. The summed E-state index contributed by atoms with van der Waals surface area (Å²) in [6.45, 7) is 4.66. The number of aromatic nitrogens is 2. The Morgan fingerprint density at radius 3 is 2.80 bits per heavy atom. The van der Waals surface area contributed by atoms with Gasteiger partial charge < -0.3 is 16.2 Å². The lowest BCUT2D eigenvalue weighted by Crippen LogP contribution is -2.53. The van der Waals surface area contributed by atoms with Gasteiger partial charge >= 0.3 is 0 Å². The van der Waals surface area contributed by atoms with Crippen LogP contribution >= 0.6 is 0 Å². The highest BCUT2D eigenvalue weighted by molar-refractivity contribution is 5.97. The average molecular weight is 280 g/mol. The maximum absolute atomic E-state index is 12.5. The molecule has 0 unspecified atom stereocenters. The SMILES string of the molecule is CCn1ncc(N)c1C(=O)NC1(CO)CCC(C)CC1. The van der Waals surface area contributed by atoms with E-state index in [1.807, 2.05) is 6.92 Å². The minimum Gasteiger partial charge on any atom is -0.396 e. The van der Waals surface area contributed by atoms with Crippen LogP contribution in [0.25, 0.3) is 0 Å². The minimum absolute atomic E-state index is 0.0361. The van der Waals surface area contributed by atoms with Gasteiger partial charge in [0.2, 0.25) is 0 Å². The van der Waals surface area contributed by atoms with E-state index in [9.17, 15) is 9.90 Å². The number of nitrogens with one attached hydrogen (secondary N) is 1. The molecule has 1 aromatic rings. The van der Waals surface area contributed by atoms with Crippen LogP contribution in [0.15, 0.2) is 6.20 Å². The van der Waals surface area contributed by atoms with Crippen LogP contribution in [0.1, 0.15) is 50.0 Å². The summed E-state index contributed by atoms with van der Waals surface area (Å²) >= 11 is 0. The Balaban J connectivity index is 2.15. The van der Waals surface area contributed by atoms with Crippen LogP contribution in [0.4, 0.5) is 5.69 Å². The molecule has 0 spiro atoms. The molecule has 2 rings (SSSR count). The molecular formula is C14H24N4O2. The van der Waals surface area contributed by atoms with Crippen molar-refractivity contribution in [3.05, 3.63) is 11.9 Å². The van der Waals surface area contributed by atoms with Gasteiger partial charge in [0.1, 0.15) is 5.69 Å². The smallest absolute Gasteiger partial charge is 0.272 e. The first-order chi connectivity index (χ1) is 9.51. The predicted octanol–water partition coefficient (Wildman–Crippen LogP) is 1.16. The lowest BCUT2D eigenvalue weighted by Gasteiger charge is -2.38. The van der Waals surface area contributed by atoms with Crippen molar-refractivity contribution >= 4 is 11.6 Å². The van der Waals surface area contributed by atoms with Crippen molar-refractivity contribution in [2.24, 2.45) is 5.92 Å². The Kier molecular flexibility index (Phi) is 4.32. The first-order valence-electron chi connectivity index (χ1n) is 7.26. The molecule has 20 heavy (non-hydrogen) atoms. The van der Waals surface area contributed by atoms with Crippen molar-refractivity contribution in [2.45, 2.75) is 51.6 Å². The highest BCUT2D eigenvalue weighted by Crippen LogP contribution is 2.32. The van der Waals surface area contributed by atoms with E-state index in [-0.39, 0.29) is 12.5 Å². The van der Waals surface area contributed by atoms with Crippen LogP contribution in [0, 0.1) is 5.92 Å². The molecule has 0 bridgehead atoms. The fourth-order valence-corrected chi connectivity index (χ4v) is 2.83. The molecule has 6 nitrogen and oxygen atoms in total. The van der Waals surface area contributed by atoms with Gasteiger partial charge in [0.15, 0.2) is 0 Å². The van der Waals surface area contributed by atoms with Gasteiger partial charge in [-0.3, -0.25) is 9.48 Å². The van der Waals surface area contributed by atoms with Crippen molar-refractivity contribution in [2.75, 3.05) is 12.3 Å². The van der Waals surface area contributed by atoms with Gasteiger partial charge in [-0.2, -0.15) is 5.10 Å². The van der Waals surface area contributed by atoms with E-state index in [0.29, 0.717) is 23.8 Å². The Morgan fingerprint density at radius 2 is 2.25 bits per heavy atom. The van der Waals surface area contributed by atoms with E-state index >= 15 is 0 Å². The standard InChI is InChI=1S/C14H24N4O2/c1-3-18-12(11(15)8-16-18)13(20)17-14(9-19)6-4-10(2)5-7-14/h8,10,19H,3-7,9,15H2,1-2H3,(H,17,20). The number of aliphatic hydroxyl groups is 1. The predicted molar refractivity (Wildman–Crippen MR) is 77.2 cm³/mol. The van der Waals surface area contributed by atoms with Crippen molar-refractivity contribution in [1.82, 2.24) is 15.1 Å². The van der Waals surface area contributed by atoms with Gasteiger partial charge in [0.05, 0.1) is 24.0 Å². The zero-order chi connectivity index (χ0) is 14.8. The highest BCUT2D eigenvalue weighted by Gasteiger charge is 2.36. The Labute approximate surface area is 119 Å². The number of hydrogen-bond donors (Lipinski definition) is 3. The number of rotatable bonds is 4. The number of aryl methyl sites for hydroxylation is 1. The lowest BCUT2D eigenvalue weighted by molar-refractivity contribution is 0.0708. The Hall–Kier alpha value is -1.56. The zero-order valence-corrected chi connectivity index (χ0v) is 12.2. The zero-order valence-electron chi connectivity index (χ0n) is 12.2. The van der Waals surface area contributed by atoms with Gasteiger partial charge in [-0.15, -0.1) is 0 Å². The quantitative estimate of drug-likeness (QED) is 0.771. The van der Waals surface area contributed by atoms with Gasteiger partial charge in [-0.1, -0.05) is 6.92 Å². The summed E-state index contributed by atoms with van der Waals surface area (Å²) < 4.78 is 1.58. The Bertz CT molecular complexity index is 476. The van der Waals surface area contributed by atoms with Gasteiger partial charge in [-0.25, -0.2) is 0 Å². The molecule has 1 aromatic heterocycles. The fourth-order valence-electron chi connectivity index (χ4n) is 2.83. The number of aliphatic hydroxyl groups excluding tert-OH is 1. The monoisotopic (exact) mass is 280 g/mol. The van der Waals surface area contributed by atoms with Crippen LogP contribution in [-0.4, -0.2) is 32.9 Å². The van der Waals surface area contributed by atoms with Crippen LogP contribution in [-0.2, 0) is 6.54 Å². The molecule has 1 fully saturated rings. The van der Waals surface area contributed by atoms with E-state index < -0.39 is 5.54 Å². The summed E-state index contributed by atoms with van der Waals surface area (Å²) in [6, 6.07) is 0. The fraction of sp³-hybridized carbons (Fsp3) is 0.714. The van der Waals surface area contributed by atoms with E-state index in [1.165, 1.54) is 6.20 Å². The molecule has 6 heteroatoms. The number of nitrogens with two attached hydrogens (primary N) is 1. The number of hydrogen-bond acceptors (Lipinski definition) is 4. The van der Waals surface area contributed by atoms with Crippen molar-refractivity contribution < 1.29 is 9.90 Å². The van der Waals surface area contributed by atoms with Crippen molar-refractivity contribution in [1.29, 1.82) is 0 Å². The first kappa shape index (κ1) is 14.8.